The monoisotopic (exact) mass is 474 g/mol. The molecule has 5 nitrogen and oxygen atoms in total. The van der Waals surface area contributed by atoms with Gasteiger partial charge in [0.05, 0.1) is 12.1 Å². The van der Waals surface area contributed by atoms with Gasteiger partial charge >= 0.3 is 12.4 Å². The van der Waals surface area contributed by atoms with Crippen molar-refractivity contribution in [3.05, 3.63) is 70.6 Å². The van der Waals surface area contributed by atoms with E-state index in [4.69, 9.17) is 11.1 Å². The number of nitrogens with zero attached hydrogens (tertiary/aromatic N) is 1. The summed E-state index contributed by atoms with van der Waals surface area (Å²) in [7, 11) is 0. The summed E-state index contributed by atoms with van der Waals surface area (Å²) in [6, 6.07) is 3.20. The number of halogens is 6. The van der Waals surface area contributed by atoms with E-state index in [0.29, 0.717) is 35.4 Å². The summed E-state index contributed by atoms with van der Waals surface area (Å²) in [6.07, 6.45) is -5.08. The molecule has 178 valence electrons. The van der Waals surface area contributed by atoms with E-state index in [0.717, 1.165) is 17.7 Å². The number of allylic oxidation sites excluding steroid dienone is 5. The molecule has 0 spiro atoms. The van der Waals surface area contributed by atoms with E-state index < -0.39 is 28.9 Å². The molecule has 1 saturated heterocycles. The van der Waals surface area contributed by atoms with E-state index in [1.165, 1.54) is 17.3 Å². The summed E-state index contributed by atoms with van der Waals surface area (Å²) in [6.45, 7) is 1.83. The van der Waals surface area contributed by atoms with E-state index in [-0.39, 0.29) is 18.9 Å². The summed E-state index contributed by atoms with van der Waals surface area (Å²) < 4.78 is 78.5. The molecule has 2 aliphatic rings. The molecular weight excluding hydrogens is 452 g/mol. The first-order chi connectivity index (χ1) is 15.2. The lowest BCUT2D eigenvalue weighted by molar-refractivity contribution is -0.376. The van der Waals surface area contributed by atoms with Crippen molar-refractivity contribution in [2.75, 3.05) is 0 Å². The highest BCUT2D eigenvalue weighted by Gasteiger charge is 2.71. The van der Waals surface area contributed by atoms with Gasteiger partial charge in [-0.2, -0.15) is 26.3 Å². The smallest absolute Gasteiger partial charge is 0.404 e. The van der Waals surface area contributed by atoms with Gasteiger partial charge in [0, 0.05) is 29.3 Å². The SMILES string of the molecule is CC12CC(=O)N(Cc3ccc(C(O)(C(F)(F)F)C(F)(F)F)cc3)C1=CC=C(C(C=[NH2+])=CN)C2. The summed E-state index contributed by atoms with van der Waals surface area (Å²) in [4.78, 5) is 14.2. The third-order valence-corrected chi connectivity index (χ3v) is 6.04. The van der Waals surface area contributed by atoms with Gasteiger partial charge in [-0.1, -0.05) is 37.3 Å². The lowest BCUT2D eigenvalue weighted by atomic mass is 9.75. The number of hydrogen-bond donors (Lipinski definition) is 3. The van der Waals surface area contributed by atoms with Crippen molar-refractivity contribution in [1.82, 2.24) is 4.90 Å². The highest BCUT2D eigenvalue weighted by atomic mass is 19.4. The lowest BCUT2D eigenvalue weighted by Crippen LogP contribution is -2.53. The lowest BCUT2D eigenvalue weighted by Gasteiger charge is -2.33. The normalized spacial score (nSPS) is 22.1. The minimum Gasteiger partial charge on any atom is -0.404 e. The van der Waals surface area contributed by atoms with E-state index in [1.54, 1.807) is 12.2 Å². The fraction of sp³-hybridized carbons (Fsp3) is 0.364. The number of carbonyl (C=O) groups excluding carboxylic acids is 1. The van der Waals surface area contributed by atoms with Crippen LogP contribution in [0.5, 0.6) is 0 Å². The quantitative estimate of drug-likeness (QED) is 0.453. The van der Waals surface area contributed by atoms with Crippen LogP contribution >= 0.6 is 0 Å². The van der Waals surface area contributed by atoms with Crippen LogP contribution < -0.4 is 11.1 Å². The van der Waals surface area contributed by atoms with Gasteiger partial charge in [-0.3, -0.25) is 10.2 Å². The molecule has 0 bridgehead atoms. The number of rotatable bonds is 5. The molecule has 0 saturated carbocycles. The molecule has 0 radical (unpaired) electrons. The maximum atomic E-state index is 13.1. The third kappa shape index (κ3) is 4.05. The Balaban J connectivity index is 1.90. The summed E-state index contributed by atoms with van der Waals surface area (Å²) >= 11 is 0. The highest BCUT2D eigenvalue weighted by molar-refractivity contribution is 5.85. The van der Waals surface area contributed by atoms with Crippen LogP contribution in [-0.2, 0) is 16.9 Å². The largest absolute Gasteiger partial charge is 0.430 e. The van der Waals surface area contributed by atoms with Crippen molar-refractivity contribution in [3.63, 3.8) is 0 Å². The Morgan fingerprint density at radius 2 is 1.70 bits per heavy atom. The minimum absolute atomic E-state index is 0.0528. The number of fused-ring (bicyclic) bond motifs is 1. The van der Waals surface area contributed by atoms with Crippen LogP contribution in [0.4, 0.5) is 26.3 Å². The van der Waals surface area contributed by atoms with Crippen molar-refractivity contribution < 1.29 is 41.7 Å². The van der Waals surface area contributed by atoms with E-state index in [9.17, 15) is 36.2 Å². The number of benzene rings is 1. The predicted octanol–water partition coefficient (Wildman–Crippen LogP) is 2.62. The van der Waals surface area contributed by atoms with Crippen LogP contribution in [0.15, 0.2) is 59.5 Å². The first-order valence-electron chi connectivity index (χ1n) is 9.82. The van der Waals surface area contributed by atoms with Crippen LogP contribution in [0.25, 0.3) is 0 Å². The van der Waals surface area contributed by atoms with Gasteiger partial charge in [0.1, 0.15) is 0 Å². The molecule has 1 aromatic rings. The summed E-state index contributed by atoms with van der Waals surface area (Å²) in [5, 5.41) is 15.1. The number of carbonyl (C=O) groups is 1. The fourth-order valence-electron chi connectivity index (χ4n) is 4.25. The predicted molar refractivity (Wildman–Crippen MR) is 107 cm³/mol. The molecule has 3 rings (SSSR count). The Bertz CT molecular complexity index is 1040. The maximum absolute atomic E-state index is 13.1. The Morgan fingerprint density at radius 3 is 2.18 bits per heavy atom. The van der Waals surface area contributed by atoms with Crippen molar-refractivity contribution in [1.29, 1.82) is 0 Å². The van der Waals surface area contributed by atoms with Crippen LogP contribution in [-0.4, -0.2) is 34.5 Å². The maximum Gasteiger partial charge on any atom is 0.430 e. The zero-order valence-electron chi connectivity index (χ0n) is 17.5. The van der Waals surface area contributed by atoms with Crippen molar-refractivity contribution in [2.24, 2.45) is 11.1 Å². The molecule has 33 heavy (non-hydrogen) atoms. The molecule has 1 aromatic carbocycles. The number of nitrogens with two attached hydrogens (primary N) is 2. The molecule has 1 heterocycles. The molecule has 11 heteroatoms. The van der Waals surface area contributed by atoms with E-state index in [1.807, 2.05) is 6.92 Å². The van der Waals surface area contributed by atoms with E-state index in [2.05, 4.69) is 0 Å². The number of aliphatic hydroxyl groups is 1. The number of likely N-dealkylation sites (tertiary alicyclic amines) is 1. The molecule has 1 aliphatic carbocycles. The zero-order valence-corrected chi connectivity index (χ0v) is 17.5. The Kier molecular flexibility index (Phi) is 5.99. The van der Waals surface area contributed by atoms with Crippen LogP contribution in [0.1, 0.15) is 30.9 Å². The second-order valence-electron chi connectivity index (χ2n) is 8.33. The van der Waals surface area contributed by atoms with Gasteiger partial charge in [0.25, 0.3) is 5.60 Å². The van der Waals surface area contributed by atoms with Crippen LogP contribution in [0.3, 0.4) is 0 Å². The van der Waals surface area contributed by atoms with Crippen LogP contribution in [0, 0.1) is 5.41 Å². The standard InChI is InChI=1S/C22H21F6N3O2/c1-19-8-14(15(10-29)11-30)4-7-17(19)31(18(32)9-19)12-13-2-5-16(6-3-13)20(33,21(23,24)25)22(26,27)28/h2-7,10-11,29,33H,8-9,12,30H2,1H3/p+1. The van der Waals surface area contributed by atoms with Crippen molar-refractivity contribution >= 4 is 12.1 Å². The second-order valence-corrected chi connectivity index (χ2v) is 8.33. The minimum atomic E-state index is -5.96. The topological polar surface area (TPSA) is 92.2 Å². The second kappa shape index (κ2) is 8.05. The molecule has 1 amide bonds. The average molecular weight is 474 g/mol. The van der Waals surface area contributed by atoms with Gasteiger partial charge in [-0.25, -0.2) is 0 Å². The van der Waals surface area contributed by atoms with Crippen molar-refractivity contribution in [3.8, 4) is 0 Å². The summed E-state index contributed by atoms with van der Waals surface area (Å²) in [5.74, 6) is -0.237. The Morgan fingerprint density at radius 1 is 1.12 bits per heavy atom. The van der Waals surface area contributed by atoms with Crippen molar-refractivity contribution in [2.45, 2.75) is 44.3 Å². The molecule has 1 aliphatic heterocycles. The van der Waals surface area contributed by atoms with Gasteiger partial charge < -0.3 is 15.7 Å². The highest BCUT2D eigenvalue weighted by Crippen LogP contribution is 2.51. The van der Waals surface area contributed by atoms with Gasteiger partial charge in [0.15, 0.2) is 6.21 Å². The summed E-state index contributed by atoms with van der Waals surface area (Å²) in [5.41, 5.74) is 1.10. The number of hydrogen-bond acceptors (Lipinski definition) is 3. The molecule has 1 unspecified atom stereocenters. The number of alkyl halides is 6. The molecular formula is C22H22F6N3O2+. The van der Waals surface area contributed by atoms with Gasteiger partial charge in [-0.05, 0) is 23.6 Å². The third-order valence-electron chi connectivity index (χ3n) is 6.04. The molecule has 5 N–H and O–H groups in total. The molecule has 1 fully saturated rings. The Hall–Kier alpha value is -3.08. The Labute approximate surface area is 185 Å². The van der Waals surface area contributed by atoms with E-state index >= 15 is 0 Å². The average Bonchev–Trinajstić information content (AvgIpc) is 2.96. The molecule has 1 atom stereocenters. The fourth-order valence-corrected chi connectivity index (χ4v) is 4.25. The number of amides is 1. The van der Waals surface area contributed by atoms with Gasteiger partial charge in [-0.15, -0.1) is 0 Å². The zero-order chi connectivity index (χ0) is 24.8. The first kappa shape index (κ1) is 24.6. The molecule has 0 aromatic heterocycles. The van der Waals surface area contributed by atoms with Gasteiger partial charge in [0.2, 0.25) is 5.91 Å². The van der Waals surface area contributed by atoms with Crippen LogP contribution in [0.2, 0.25) is 0 Å². The first-order valence-corrected chi connectivity index (χ1v) is 9.82.